The van der Waals surface area contributed by atoms with Crippen LogP contribution in [0.15, 0.2) is 53.4 Å². The third-order valence-corrected chi connectivity index (χ3v) is 5.72. The number of rotatable bonds is 3. The minimum Gasteiger partial charge on any atom is -0.268 e. The van der Waals surface area contributed by atoms with Crippen molar-refractivity contribution in [3.8, 4) is 0 Å². The van der Waals surface area contributed by atoms with Gasteiger partial charge in [0.05, 0.1) is 15.4 Å². The monoisotopic (exact) mass is 496 g/mol. The van der Waals surface area contributed by atoms with E-state index < -0.39 is 16.7 Å². The molecule has 0 aromatic heterocycles. The van der Waals surface area contributed by atoms with Crippen molar-refractivity contribution < 1.29 is 14.5 Å². The third kappa shape index (κ3) is 3.69. The molecule has 1 fully saturated rings. The normalized spacial score (nSPS) is 15.6. The molecule has 0 bridgehead atoms. The maximum Gasteiger partial charge on any atom is 0.273 e. The van der Waals surface area contributed by atoms with Gasteiger partial charge in [0.15, 0.2) is 4.32 Å². The van der Waals surface area contributed by atoms with E-state index in [4.69, 9.17) is 12.2 Å². The first kappa shape index (κ1) is 18.7. The summed E-state index contributed by atoms with van der Waals surface area (Å²) in [5.41, 5.74) is 0.798. The predicted octanol–water partition coefficient (Wildman–Crippen LogP) is 4.24. The molecule has 6 nitrogen and oxygen atoms in total. The second kappa shape index (κ2) is 7.64. The zero-order chi connectivity index (χ0) is 18.8. The quantitative estimate of drug-likeness (QED) is 0.158. The van der Waals surface area contributed by atoms with Crippen LogP contribution in [-0.4, -0.2) is 26.0 Å². The molecule has 0 unspecified atom stereocenters. The highest BCUT2D eigenvalue weighted by atomic mass is 127. The molecule has 0 atom stereocenters. The van der Waals surface area contributed by atoms with Crippen LogP contribution in [0.5, 0.6) is 0 Å². The number of thiocarbonyl (C=S) groups is 1. The fraction of sp³-hybridized carbons (Fsp3) is 0. The molecule has 1 heterocycles. The number of halogens is 1. The molecule has 2 aromatic rings. The van der Waals surface area contributed by atoms with Gasteiger partial charge < -0.3 is 0 Å². The maximum atomic E-state index is 12.7. The van der Waals surface area contributed by atoms with Gasteiger partial charge in [0.1, 0.15) is 0 Å². The molecule has 1 aliphatic rings. The molecule has 3 rings (SSSR count). The van der Waals surface area contributed by atoms with Crippen LogP contribution in [-0.2, 0) is 4.79 Å². The lowest BCUT2D eigenvalue weighted by atomic mass is 10.1. The maximum absolute atomic E-state index is 12.7. The minimum absolute atomic E-state index is 0.0795. The standard InChI is InChI=1S/C17H9IN2O4S2/c18-13-7-2-1-6-12(13)15(21)19-16(22)14(26-17(19)25)9-10-4-3-5-11(8-10)20(23)24/h1-9H/b14-9+. The number of nitro groups is 1. The van der Waals surface area contributed by atoms with Crippen molar-refractivity contribution in [2.45, 2.75) is 0 Å². The van der Waals surface area contributed by atoms with Crippen molar-refractivity contribution >= 4 is 74.5 Å². The molecular formula is C17H9IN2O4S2. The molecule has 2 amide bonds. The van der Waals surface area contributed by atoms with Crippen LogP contribution in [0.25, 0.3) is 6.08 Å². The Hall–Kier alpha value is -2.11. The summed E-state index contributed by atoms with van der Waals surface area (Å²) >= 11 is 8.21. The number of carbonyl (C=O) groups is 2. The molecule has 0 N–H and O–H groups in total. The van der Waals surface area contributed by atoms with Gasteiger partial charge >= 0.3 is 0 Å². The summed E-state index contributed by atoms with van der Waals surface area (Å²) in [4.78, 5) is 36.9. The number of hydrogen-bond donors (Lipinski definition) is 0. The summed E-state index contributed by atoms with van der Waals surface area (Å²) in [6.45, 7) is 0. The Morgan fingerprint density at radius 2 is 1.96 bits per heavy atom. The zero-order valence-corrected chi connectivity index (χ0v) is 16.7. The summed E-state index contributed by atoms with van der Waals surface area (Å²) in [6, 6.07) is 12.8. The lowest BCUT2D eigenvalue weighted by Crippen LogP contribution is -2.35. The van der Waals surface area contributed by atoms with Gasteiger partial charge in [-0.15, -0.1) is 0 Å². The number of imide groups is 1. The van der Waals surface area contributed by atoms with E-state index in [1.807, 2.05) is 22.6 Å². The summed E-state index contributed by atoms with van der Waals surface area (Å²) in [6.07, 6.45) is 1.50. The van der Waals surface area contributed by atoms with Gasteiger partial charge in [0.25, 0.3) is 17.5 Å². The Morgan fingerprint density at radius 3 is 2.65 bits per heavy atom. The Kier molecular flexibility index (Phi) is 5.49. The van der Waals surface area contributed by atoms with E-state index in [1.54, 1.807) is 30.3 Å². The van der Waals surface area contributed by atoms with E-state index in [0.717, 1.165) is 16.7 Å². The first-order valence-corrected chi connectivity index (χ1v) is 9.50. The number of hydrogen-bond acceptors (Lipinski definition) is 6. The van der Waals surface area contributed by atoms with Gasteiger partial charge in [-0.1, -0.05) is 48.2 Å². The van der Waals surface area contributed by atoms with E-state index in [9.17, 15) is 19.7 Å². The smallest absolute Gasteiger partial charge is 0.268 e. The minimum atomic E-state index is -0.531. The van der Waals surface area contributed by atoms with Crippen molar-refractivity contribution in [3.63, 3.8) is 0 Å². The zero-order valence-electron chi connectivity index (χ0n) is 12.9. The van der Waals surface area contributed by atoms with Crippen LogP contribution in [0.1, 0.15) is 15.9 Å². The van der Waals surface area contributed by atoms with E-state index in [-0.39, 0.29) is 14.9 Å². The average Bonchev–Trinajstić information content (AvgIpc) is 2.88. The SMILES string of the molecule is O=C1/C(=C\c2cccc([N+](=O)[O-])c2)SC(=S)N1C(=O)c1ccccc1I. The molecule has 0 radical (unpaired) electrons. The first-order valence-electron chi connectivity index (χ1n) is 7.20. The van der Waals surface area contributed by atoms with Gasteiger partial charge in [-0.25, -0.2) is 4.90 Å². The van der Waals surface area contributed by atoms with Gasteiger partial charge in [-0.2, -0.15) is 0 Å². The highest BCUT2D eigenvalue weighted by Crippen LogP contribution is 2.34. The number of non-ortho nitro benzene ring substituents is 1. The van der Waals surface area contributed by atoms with Gasteiger partial charge in [-0.3, -0.25) is 19.7 Å². The number of carbonyl (C=O) groups excluding carboxylic acids is 2. The van der Waals surface area contributed by atoms with Gasteiger partial charge in [0.2, 0.25) is 0 Å². The highest BCUT2D eigenvalue weighted by Gasteiger charge is 2.37. The Balaban J connectivity index is 1.92. The lowest BCUT2D eigenvalue weighted by molar-refractivity contribution is -0.384. The van der Waals surface area contributed by atoms with Gasteiger partial charge in [-0.05, 0) is 46.4 Å². The Bertz CT molecular complexity index is 990. The first-order chi connectivity index (χ1) is 12.4. The highest BCUT2D eigenvalue weighted by molar-refractivity contribution is 14.1. The molecule has 130 valence electrons. The Morgan fingerprint density at radius 1 is 1.23 bits per heavy atom. The molecular weight excluding hydrogens is 487 g/mol. The summed E-state index contributed by atoms with van der Waals surface area (Å²) in [7, 11) is 0. The number of thioether (sulfide) groups is 1. The van der Waals surface area contributed by atoms with Crippen molar-refractivity contribution in [3.05, 3.63) is 78.2 Å². The topological polar surface area (TPSA) is 80.5 Å². The fourth-order valence-electron chi connectivity index (χ4n) is 2.28. The molecule has 26 heavy (non-hydrogen) atoms. The van der Waals surface area contributed by atoms with Crippen LogP contribution < -0.4 is 0 Å². The van der Waals surface area contributed by atoms with E-state index in [2.05, 4.69) is 0 Å². The largest absolute Gasteiger partial charge is 0.273 e. The number of benzene rings is 2. The summed E-state index contributed by atoms with van der Waals surface area (Å²) < 4.78 is 0.850. The van der Waals surface area contributed by atoms with Crippen LogP contribution in [0.3, 0.4) is 0 Å². The van der Waals surface area contributed by atoms with Crippen LogP contribution in [0, 0.1) is 13.7 Å². The number of nitrogens with zero attached hydrogens (tertiary/aromatic N) is 2. The third-order valence-electron chi connectivity index (χ3n) is 3.48. The Labute approximate surface area is 171 Å². The van der Waals surface area contributed by atoms with E-state index in [1.165, 1.54) is 24.3 Å². The number of nitro benzene ring substituents is 1. The average molecular weight is 496 g/mol. The van der Waals surface area contributed by atoms with Crippen molar-refractivity contribution in [1.82, 2.24) is 4.90 Å². The van der Waals surface area contributed by atoms with Crippen molar-refractivity contribution in [1.29, 1.82) is 0 Å². The van der Waals surface area contributed by atoms with Crippen molar-refractivity contribution in [2.24, 2.45) is 0 Å². The number of amides is 2. The molecule has 0 spiro atoms. The van der Waals surface area contributed by atoms with E-state index in [0.29, 0.717) is 14.7 Å². The molecule has 0 aliphatic carbocycles. The molecule has 2 aromatic carbocycles. The van der Waals surface area contributed by atoms with Crippen LogP contribution >= 0.6 is 46.6 Å². The second-order valence-electron chi connectivity index (χ2n) is 5.15. The summed E-state index contributed by atoms with van der Waals surface area (Å²) in [5.74, 6) is -1.02. The fourth-order valence-corrected chi connectivity index (χ4v) is 4.15. The predicted molar refractivity (Wildman–Crippen MR) is 112 cm³/mol. The second-order valence-corrected chi connectivity index (χ2v) is 7.99. The van der Waals surface area contributed by atoms with Crippen LogP contribution in [0.2, 0.25) is 0 Å². The van der Waals surface area contributed by atoms with Gasteiger partial charge in [0, 0.05) is 15.7 Å². The summed E-state index contributed by atoms with van der Waals surface area (Å²) in [5, 5.41) is 10.9. The lowest BCUT2D eigenvalue weighted by Gasteiger charge is -2.13. The van der Waals surface area contributed by atoms with Crippen LogP contribution in [0.4, 0.5) is 5.69 Å². The van der Waals surface area contributed by atoms with Crippen molar-refractivity contribution in [2.75, 3.05) is 0 Å². The molecule has 9 heteroatoms. The molecule has 0 saturated carbocycles. The molecule has 1 aliphatic heterocycles. The molecule has 1 saturated heterocycles. The van der Waals surface area contributed by atoms with E-state index >= 15 is 0 Å².